The van der Waals surface area contributed by atoms with E-state index in [9.17, 15) is 14.4 Å². The summed E-state index contributed by atoms with van der Waals surface area (Å²) in [5, 5.41) is 11.8. The second kappa shape index (κ2) is 9.65. The number of thioether (sulfide) groups is 1. The first-order valence-electron chi connectivity index (χ1n) is 7.85. The molecular weight excluding hydrogens is 364 g/mol. The number of amides is 3. The molecule has 0 aromatic heterocycles. The van der Waals surface area contributed by atoms with Gasteiger partial charge in [-0.25, -0.2) is 0 Å². The molecule has 3 amide bonds. The Labute approximate surface area is 155 Å². The molecule has 0 bridgehead atoms. The zero-order chi connectivity index (χ0) is 18.2. The lowest BCUT2D eigenvalue weighted by Gasteiger charge is -2.30. The van der Waals surface area contributed by atoms with Crippen molar-refractivity contribution in [2.24, 2.45) is 0 Å². The zero-order valence-corrected chi connectivity index (χ0v) is 15.4. The predicted octanol–water partition coefficient (Wildman–Crippen LogP) is 0.587. The first kappa shape index (κ1) is 19.6. The smallest absolute Gasteiger partial charge is 0.230 e. The summed E-state index contributed by atoms with van der Waals surface area (Å²) in [5.74, 6) is -0.251. The van der Waals surface area contributed by atoms with Crippen LogP contribution in [0, 0.1) is 0 Å². The number of hydrogen-bond donors (Lipinski definition) is 4. The van der Waals surface area contributed by atoms with Crippen molar-refractivity contribution in [3.05, 3.63) is 34.9 Å². The quantitative estimate of drug-likeness (QED) is 0.551. The average Bonchev–Trinajstić information content (AvgIpc) is 2.58. The minimum absolute atomic E-state index is 0.131. The minimum Gasteiger partial charge on any atom is -0.359 e. The van der Waals surface area contributed by atoms with E-state index >= 15 is 0 Å². The number of benzene rings is 1. The lowest BCUT2D eigenvalue weighted by molar-refractivity contribution is -0.125. The Morgan fingerprint density at radius 2 is 2.08 bits per heavy atom. The molecule has 0 radical (unpaired) electrons. The van der Waals surface area contributed by atoms with Gasteiger partial charge in [-0.1, -0.05) is 29.8 Å². The van der Waals surface area contributed by atoms with E-state index in [0.29, 0.717) is 11.6 Å². The molecule has 1 aliphatic rings. The van der Waals surface area contributed by atoms with E-state index in [-0.39, 0.29) is 42.4 Å². The third-order valence-corrected chi connectivity index (χ3v) is 5.02. The predicted molar refractivity (Wildman–Crippen MR) is 97.9 cm³/mol. The molecule has 1 aromatic carbocycles. The van der Waals surface area contributed by atoms with Gasteiger partial charge in [0.05, 0.1) is 5.75 Å². The van der Waals surface area contributed by atoms with Gasteiger partial charge in [0.15, 0.2) is 0 Å². The lowest BCUT2D eigenvalue weighted by atomic mass is 10.1. The summed E-state index contributed by atoms with van der Waals surface area (Å²) in [7, 11) is 1.56. The molecule has 2 unspecified atom stereocenters. The number of hydrogen-bond acceptors (Lipinski definition) is 5. The molecule has 1 saturated heterocycles. The maximum Gasteiger partial charge on any atom is 0.230 e. The Morgan fingerprint density at radius 1 is 1.32 bits per heavy atom. The summed E-state index contributed by atoms with van der Waals surface area (Å²) in [6.45, 7) is 0.350. The van der Waals surface area contributed by atoms with Gasteiger partial charge >= 0.3 is 0 Å². The van der Waals surface area contributed by atoms with Gasteiger partial charge in [-0.05, 0) is 11.6 Å². The second-order valence-electron chi connectivity index (χ2n) is 5.57. The van der Waals surface area contributed by atoms with Crippen LogP contribution in [0.15, 0.2) is 24.3 Å². The van der Waals surface area contributed by atoms with E-state index in [1.807, 2.05) is 18.2 Å². The van der Waals surface area contributed by atoms with Crippen LogP contribution in [0.25, 0.3) is 0 Å². The standard InChI is InChI=1S/C16H21ClN4O3S/c1-18-13(22)6-11-7-14(23)21-16(20-11)25-9-15(24)19-8-10-4-2-3-5-12(10)17/h2-5,11,16,20H,6-9H2,1H3,(H,18,22)(H,19,24)(H,21,23). The van der Waals surface area contributed by atoms with E-state index in [1.54, 1.807) is 13.1 Å². The molecular formula is C16H21ClN4O3S. The fourth-order valence-electron chi connectivity index (χ4n) is 2.34. The third-order valence-electron chi connectivity index (χ3n) is 3.64. The summed E-state index contributed by atoms with van der Waals surface area (Å²) >= 11 is 7.31. The molecule has 1 aromatic rings. The molecule has 4 N–H and O–H groups in total. The van der Waals surface area contributed by atoms with E-state index < -0.39 is 5.50 Å². The van der Waals surface area contributed by atoms with Crippen molar-refractivity contribution < 1.29 is 14.4 Å². The van der Waals surface area contributed by atoms with Crippen LogP contribution in [0.3, 0.4) is 0 Å². The summed E-state index contributed by atoms with van der Waals surface area (Å²) < 4.78 is 0. The number of rotatable bonds is 7. The Kier molecular flexibility index (Phi) is 7.54. The molecule has 1 aliphatic heterocycles. The molecule has 2 atom stereocenters. The summed E-state index contributed by atoms with van der Waals surface area (Å²) in [4.78, 5) is 35.2. The van der Waals surface area contributed by atoms with Crippen molar-refractivity contribution in [3.63, 3.8) is 0 Å². The van der Waals surface area contributed by atoms with Gasteiger partial charge in [0, 0.05) is 37.5 Å². The van der Waals surface area contributed by atoms with E-state index in [1.165, 1.54) is 11.8 Å². The molecule has 25 heavy (non-hydrogen) atoms. The fraction of sp³-hybridized carbons (Fsp3) is 0.438. The normalized spacial score (nSPS) is 19.8. The van der Waals surface area contributed by atoms with Crippen LogP contribution < -0.4 is 21.3 Å². The molecule has 9 heteroatoms. The molecule has 0 spiro atoms. The number of carbonyl (C=O) groups excluding carboxylic acids is 3. The van der Waals surface area contributed by atoms with Crippen LogP contribution in [-0.4, -0.2) is 42.1 Å². The minimum atomic E-state index is -0.401. The van der Waals surface area contributed by atoms with Crippen LogP contribution >= 0.6 is 23.4 Å². The van der Waals surface area contributed by atoms with E-state index in [2.05, 4.69) is 21.3 Å². The summed E-state index contributed by atoms with van der Waals surface area (Å²) in [6, 6.07) is 7.07. The van der Waals surface area contributed by atoms with Crippen molar-refractivity contribution >= 4 is 41.1 Å². The monoisotopic (exact) mass is 384 g/mol. The third kappa shape index (κ3) is 6.56. The van der Waals surface area contributed by atoms with Gasteiger partial charge < -0.3 is 16.0 Å². The number of carbonyl (C=O) groups is 3. The second-order valence-corrected chi connectivity index (χ2v) is 7.07. The van der Waals surface area contributed by atoms with E-state index in [0.717, 1.165) is 5.56 Å². The molecule has 1 heterocycles. The van der Waals surface area contributed by atoms with Crippen LogP contribution in [0.5, 0.6) is 0 Å². The lowest BCUT2D eigenvalue weighted by Crippen LogP contribution is -2.56. The average molecular weight is 385 g/mol. The van der Waals surface area contributed by atoms with Crippen LogP contribution in [0.4, 0.5) is 0 Å². The van der Waals surface area contributed by atoms with Gasteiger partial charge in [0.25, 0.3) is 0 Å². The largest absolute Gasteiger partial charge is 0.359 e. The molecule has 0 saturated carbocycles. The van der Waals surface area contributed by atoms with Gasteiger partial charge in [-0.3, -0.25) is 19.7 Å². The highest BCUT2D eigenvalue weighted by Gasteiger charge is 2.27. The SMILES string of the molecule is CNC(=O)CC1CC(=O)NC(SCC(=O)NCc2ccccc2Cl)N1. The molecule has 1 fully saturated rings. The maximum atomic E-state index is 12.0. The van der Waals surface area contributed by atoms with Crippen LogP contribution in [-0.2, 0) is 20.9 Å². The van der Waals surface area contributed by atoms with Gasteiger partial charge in [-0.2, -0.15) is 0 Å². The van der Waals surface area contributed by atoms with Crippen molar-refractivity contribution in [2.45, 2.75) is 30.9 Å². The van der Waals surface area contributed by atoms with Crippen LogP contribution in [0.1, 0.15) is 18.4 Å². The zero-order valence-electron chi connectivity index (χ0n) is 13.8. The molecule has 136 valence electrons. The van der Waals surface area contributed by atoms with Crippen LogP contribution in [0.2, 0.25) is 5.02 Å². The number of halogens is 1. The van der Waals surface area contributed by atoms with Gasteiger partial charge in [0.2, 0.25) is 17.7 Å². The Balaban J connectivity index is 1.75. The van der Waals surface area contributed by atoms with Gasteiger partial charge in [0.1, 0.15) is 5.50 Å². The summed E-state index contributed by atoms with van der Waals surface area (Å²) in [5.41, 5.74) is 0.444. The van der Waals surface area contributed by atoms with E-state index in [4.69, 9.17) is 11.6 Å². The first-order valence-corrected chi connectivity index (χ1v) is 9.28. The number of nitrogens with one attached hydrogen (secondary N) is 4. The molecule has 0 aliphatic carbocycles. The fourth-order valence-corrected chi connectivity index (χ4v) is 3.46. The first-order chi connectivity index (χ1) is 12.0. The Hall–Kier alpha value is -1.77. The Bertz CT molecular complexity index is 644. The Morgan fingerprint density at radius 3 is 2.80 bits per heavy atom. The highest BCUT2D eigenvalue weighted by atomic mass is 35.5. The van der Waals surface area contributed by atoms with Crippen molar-refractivity contribution in [3.8, 4) is 0 Å². The highest BCUT2D eigenvalue weighted by molar-refractivity contribution is 8.00. The molecule has 7 nitrogen and oxygen atoms in total. The van der Waals surface area contributed by atoms with Crippen molar-refractivity contribution in [1.29, 1.82) is 0 Å². The van der Waals surface area contributed by atoms with Crippen molar-refractivity contribution in [1.82, 2.24) is 21.3 Å². The molecule has 2 rings (SSSR count). The van der Waals surface area contributed by atoms with Crippen molar-refractivity contribution in [2.75, 3.05) is 12.8 Å². The van der Waals surface area contributed by atoms with Gasteiger partial charge in [-0.15, -0.1) is 11.8 Å². The highest BCUT2D eigenvalue weighted by Crippen LogP contribution is 2.16. The summed E-state index contributed by atoms with van der Waals surface area (Å²) in [6.07, 6.45) is 0.461. The topological polar surface area (TPSA) is 99.3 Å². The maximum absolute atomic E-state index is 12.0.